The predicted molar refractivity (Wildman–Crippen MR) is 84.1 cm³/mol. The number of hydrogen-bond acceptors (Lipinski definition) is 3. The molecule has 0 saturated carbocycles. The van der Waals surface area contributed by atoms with E-state index in [1.807, 2.05) is 49.4 Å². The van der Waals surface area contributed by atoms with Gasteiger partial charge >= 0.3 is 0 Å². The number of methoxy groups -OCH3 is 1. The molecule has 4 heteroatoms. The highest BCUT2D eigenvalue weighted by Crippen LogP contribution is 2.28. The summed E-state index contributed by atoms with van der Waals surface area (Å²) >= 11 is 3.51. The van der Waals surface area contributed by atoms with Gasteiger partial charge in [-0.3, -0.25) is 0 Å². The van der Waals surface area contributed by atoms with Gasteiger partial charge in [0, 0.05) is 6.04 Å². The van der Waals surface area contributed by atoms with E-state index < -0.39 is 0 Å². The van der Waals surface area contributed by atoms with E-state index in [1.165, 1.54) is 0 Å². The second kappa shape index (κ2) is 6.77. The van der Waals surface area contributed by atoms with E-state index in [2.05, 4.69) is 15.9 Å². The number of hydrogen-bond donors (Lipinski definition) is 1. The van der Waals surface area contributed by atoms with Crippen molar-refractivity contribution in [2.45, 2.75) is 19.6 Å². The average Bonchev–Trinajstić information content (AvgIpc) is 2.46. The lowest BCUT2D eigenvalue weighted by Gasteiger charge is -2.11. The van der Waals surface area contributed by atoms with Crippen molar-refractivity contribution in [2.24, 2.45) is 5.73 Å². The van der Waals surface area contributed by atoms with Crippen LogP contribution in [0.2, 0.25) is 0 Å². The molecule has 0 amide bonds. The molecule has 1 atom stereocenters. The number of halogens is 1. The first-order valence-electron chi connectivity index (χ1n) is 6.41. The van der Waals surface area contributed by atoms with E-state index in [0.29, 0.717) is 6.61 Å². The molecule has 2 N–H and O–H groups in total. The highest BCUT2D eigenvalue weighted by Gasteiger charge is 2.06. The molecule has 3 nitrogen and oxygen atoms in total. The Balaban J connectivity index is 2.03. The minimum absolute atomic E-state index is 0.0157. The maximum absolute atomic E-state index is 5.85. The highest BCUT2D eigenvalue weighted by atomic mass is 79.9. The number of rotatable bonds is 5. The lowest BCUT2D eigenvalue weighted by atomic mass is 10.1. The van der Waals surface area contributed by atoms with Crippen LogP contribution in [0.15, 0.2) is 46.9 Å². The molecule has 0 aromatic heterocycles. The lowest BCUT2D eigenvalue weighted by molar-refractivity contribution is 0.304. The van der Waals surface area contributed by atoms with Crippen molar-refractivity contribution in [3.8, 4) is 11.5 Å². The van der Waals surface area contributed by atoms with Crippen LogP contribution in [0, 0.1) is 0 Å². The summed E-state index contributed by atoms with van der Waals surface area (Å²) in [7, 11) is 1.66. The number of benzene rings is 2. The molecule has 0 spiro atoms. The molecule has 20 heavy (non-hydrogen) atoms. The summed E-state index contributed by atoms with van der Waals surface area (Å²) in [6.45, 7) is 2.47. The molecular formula is C16H18BrNO2. The molecule has 0 radical (unpaired) electrons. The van der Waals surface area contributed by atoms with E-state index in [9.17, 15) is 0 Å². The Bertz CT molecular complexity index is 567. The molecular weight excluding hydrogens is 318 g/mol. The Morgan fingerprint density at radius 2 is 1.85 bits per heavy atom. The molecule has 0 unspecified atom stereocenters. The van der Waals surface area contributed by atoms with Crippen molar-refractivity contribution in [3.05, 3.63) is 58.1 Å². The van der Waals surface area contributed by atoms with Crippen molar-refractivity contribution in [1.29, 1.82) is 0 Å². The molecule has 0 fully saturated rings. The van der Waals surface area contributed by atoms with Crippen LogP contribution < -0.4 is 15.2 Å². The van der Waals surface area contributed by atoms with Gasteiger partial charge in [0.1, 0.15) is 18.1 Å². The maximum atomic E-state index is 5.85. The first kappa shape index (κ1) is 14.9. The van der Waals surface area contributed by atoms with Gasteiger partial charge in [-0.1, -0.05) is 18.2 Å². The first-order valence-corrected chi connectivity index (χ1v) is 7.20. The van der Waals surface area contributed by atoms with Crippen molar-refractivity contribution >= 4 is 15.9 Å². The summed E-state index contributed by atoms with van der Waals surface area (Å²) in [4.78, 5) is 0. The Hall–Kier alpha value is -1.52. The SMILES string of the molecule is COc1ccc(COc2ccc([C@@H](C)N)cc2Br)cc1. The van der Waals surface area contributed by atoms with Crippen LogP contribution in [-0.2, 0) is 6.61 Å². The van der Waals surface area contributed by atoms with Crippen LogP contribution in [0.3, 0.4) is 0 Å². The molecule has 2 aromatic carbocycles. The van der Waals surface area contributed by atoms with Gasteiger partial charge in [-0.25, -0.2) is 0 Å². The average molecular weight is 336 g/mol. The van der Waals surface area contributed by atoms with E-state index in [1.54, 1.807) is 7.11 Å². The first-order chi connectivity index (χ1) is 9.60. The van der Waals surface area contributed by atoms with Crippen LogP contribution >= 0.6 is 15.9 Å². The normalized spacial score (nSPS) is 12.0. The second-order valence-electron chi connectivity index (χ2n) is 4.62. The van der Waals surface area contributed by atoms with Crippen LogP contribution in [0.5, 0.6) is 11.5 Å². The van der Waals surface area contributed by atoms with Crippen LogP contribution in [-0.4, -0.2) is 7.11 Å². The van der Waals surface area contributed by atoms with E-state index in [0.717, 1.165) is 27.1 Å². The van der Waals surface area contributed by atoms with Gasteiger partial charge in [-0.05, 0) is 58.2 Å². The summed E-state index contributed by atoms with van der Waals surface area (Å²) in [6, 6.07) is 13.8. The zero-order chi connectivity index (χ0) is 14.5. The summed E-state index contributed by atoms with van der Waals surface area (Å²) in [6.07, 6.45) is 0. The topological polar surface area (TPSA) is 44.5 Å². The number of nitrogens with two attached hydrogens (primary N) is 1. The van der Waals surface area contributed by atoms with Crippen LogP contribution in [0.4, 0.5) is 0 Å². The lowest BCUT2D eigenvalue weighted by Crippen LogP contribution is -2.05. The third-order valence-corrected chi connectivity index (χ3v) is 3.65. The van der Waals surface area contributed by atoms with Gasteiger partial charge < -0.3 is 15.2 Å². The summed E-state index contributed by atoms with van der Waals surface area (Å²) in [5.41, 5.74) is 8.02. The standard InChI is InChI=1S/C16H18BrNO2/c1-11(18)13-5-8-16(15(17)9-13)20-10-12-3-6-14(19-2)7-4-12/h3-9,11H,10,18H2,1-2H3/t11-/m1/s1. The zero-order valence-corrected chi connectivity index (χ0v) is 13.2. The smallest absolute Gasteiger partial charge is 0.134 e. The molecule has 0 bridgehead atoms. The Morgan fingerprint density at radius 1 is 1.15 bits per heavy atom. The fourth-order valence-corrected chi connectivity index (χ4v) is 2.31. The van der Waals surface area contributed by atoms with Gasteiger partial charge in [0.2, 0.25) is 0 Å². The second-order valence-corrected chi connectivity index (χ2v) is 5.47. The van der Waals surface area contributed by atoms with Crippen LogP contribution in [0.1, 0.15) is 24.1 Å². The summed E-state index contributed by atoms with van der Waals surface area (Å²) < 4.78 is 11.8. The quantitative estimate of drug-likeness (QED) is 0.896. The van der Waals surface area contributed by atoms with E-state index in [4.69, 9.17) is 15.2 Å². The van der Waals surface area contributed by atoms with Crippen molar-refractivity contribution < 1.29 is 9.47 Å². The van der Waals surface area contributed by atoms with Crippen molar-refractivity contribution in [2.75, 3.05) is 7.11 Å². The Morgan fingerprint density at radius 3 is 2.40 bits per heavy atom. The Labute approximate surface area is 127 Å². The molecule has 0 saturated heterocycles. The maximum Gasteiger partial charge on any atom is 0.134 e. The van der Waals surface area contributed by atoms with Gasteiger partial charge in [-0.15, -0.1) is 0 Å². The fraction of sp³-hybridized carbons (Fsp3) is 0.250. The molecule has 106 valence electrons. The Kier molecular flexibility index (Phi) is 5.04. The van der Waals surface area contributed by atoms with Crippen molar-refractivity contribution in [3.63, 3.8) is 0 Å². The highest BCUT2D eigenvalue weighted by molar-refractivity contribution is 9.10. The zero-order valence-electron chi connectivity index (χ0n) is 11.6. The summed E-state index contributed by atoms with van der Waals surface area (Å²) in [5.74, 6) is 1.65. The molecule has 2 rings (SSSR count). The molecule has 0 heterocycles. The summed E-state index contributed by atoms with van der Waals surface area (Å²) in [5, 5.41) is 0. The number of ether oxygens (including phenoxy) is 2. The third-order valence-electron chi connectivity index (χ3n) is 3.04. The van der Waals surface area contributed by atoms with Gasteiger partial charge in [0.25, 0.3) is 0 Å². The largest absolute Gasteiger partial charge is 0.497 e. The fourth-order valence-electron chi connectivity index (χ4n) is 1.80. The molecule has 0 aliphatic rings. The van der Waals surface area contributed by atoms with Crippen molar-refractivity contribution in [1.82, 2.24) is 0 Å². The third kappa shape index (κ3) is 3.74. The van der Waals surface area contributed by atoms with Gasteiger partial charge in [0.05, 0.1) is 11.6 Å². The van der Waals surface area contributed by atoms with E-state index in [-0.39, 0.29) is 6.04 Å². The minimum atomic E-state index is 0.0157. The van der Waals surface area contributed by atoms with E-state index >= 15 is 0 Å². The minimum Gasteiger partial charge on any atom is -0.497 e. The monoisotopic (exact) mass is 335 g/mol. The van der Waals surface area contributed by atoms with Gasteiger partial charge in [-0.2, -0.15) is 0 Å². The predicted octanol–water partition coefficient (Wildman–Crippen LogP) is 4.06. The molecule has 2 aromatic rings. The molecule has 0 aliphatic carbocycles. The van der Waals surface area contributed by atoms with Crippen LogP contribution in [0.25, 0.3) is 0 Å². The van der Waals surface area contributed by atoms with Gasteiger partial charge in [0.15, 0.2) is 0 Å². The molecule has 0 aliphatic heterocycles.